The molecule has 1 aromatic carbocycles. The predicted octanol–water partition coefficient (Wildman–Crippen LogP) is 3.34. The second-order valence-corrected chi connectivity index (χ2v) is 6.81. The van der Waals surface area contributed by atoms with Crippen molar-refractivity contribution in [3.8, 4) is 11.5 Å². The summed E-state index contributed by atoms with van der Waals surface area (Å²) in [4.78, 5) is 19.1. The third-order valence-corrected chi connectivity index (χ3v) is 4.75. The van der Waals surface area contributed by atoms with Gasteiger partial charge >= 0.3 is 0 Å². The van der Waals surface area contributed by atoms with Crippen LogP contribution in [0, 0.1) is 0 Å². The van der Waals surface area contributed by atoms with Crippen molar-refractivity contribution < 1.29 is 9.32 Å². The first-order valence-electron chi connectivity index (χ1n) is 9.10. The van der Waals surface area contributed by atoms with Crippen molar-refractivity contribution in [1.29, 1.82) is 0 Å². The molecule has 0 bridgehead atoms. The molecule has 1 aliphatic rings. The summed E-state index contributed by atoms with van der Waals surface area (Å²) in [5.74, 6) is 1.02. The molecule has 1 saturated carbocycles. The van der Waals surface area contributed by atoms with Crippen molar-refractivity contribution in [1.82, 2.24) is 15.0 Å². The molecule has 0 radical (unpaired) electrons. The zero-order chi connectivity index (χ0) is 17.9. The van der Waals surface area contributed by atoms with Crippen LogP contribution in [-0.4, -0.2) is 34.0 Å². The number of hydrogen-bond acceptors (Lipinski definition) is 5. The average Bonchev–Trinajstić information content (AvgIpc) is 3.09. The molecule has 0 aliphatic heterocycles. The fraction of sp³-hybridized carbons (Fsp3) is 0.526. The number of benzene rings is 1. The molecule has 1 aliphatic carbocycles. The molecule has 0 spiro atoms. The highest BCUT2D eigenvalue weighted by molar-refractivity contribution is 5.95. The number of nitrogens with zero attached hydrogens (tertiary/aromatic N) is 3. The van der Waals surface area contributed by atoms with E-state index in [9.17, 15) is 4.79 Å². The summed E-state index contributed by atoms with van der Waals surface area (Å²) < 4.78 is 5.40. The van der Waals surface area contributed by atoms with Crippen LogP contribution in [0.1, 0.15) is 62.1 Å². The van der Waals surface area contributed by atoms with Gasteiger partial charge in [-0.05, 0) is 50.3 Å². The van der Waals surface area contributed by atoms with Crippen LogP contribution in [0.15, 0.2) is 28.8 Å². The second-order valence-electron chi connectivity index (χ2n) is 6.81. The third kappa shape index (κ3) is 3.58. The van der Waals surface area contributed by atoms with Gasteiger partial charge in [0.05, 0.1) is 5.54 Å². The minimum absolute atomic E-state index is 0.0413. The highest BCUT2D eigenvalue weighted by Gasteiger charge is 2.39. The van der Waals surface area contributed by atoms with Gasteiger partial charge in [-0.2, -0.15) is 4.98 Å². The molecule has 25 heavy (non-hydrogen) atoms. The monoisotopic (exact) mass is 342 g/mol. The van der Waals surface area contributed by atoms with Crippen LogP contribution in [-0.2, 0) is 5.54 Å². The van der Waals surface area contributed by atoms with E-state index in [1.165, 1.54) is 0 Å². The van der Waals surface area contributed by atoms with Gasteiger partial charge in [-0.1, -0.05) is 25.1 Å². The van der Waals surface area contributed by atoms with Gasteiger partial charge in [0.2, 0.25) is 0 Å². The second kappa shape index (κ2) is 7.35. The van der Waals surface area contributed by atoms with Crippen LogP contribution >= 0.6 is 0 Å². The van der Waals surface area contributed by atoms with Gasteiger partial charge in [-0.15, -0.1) is 0 Å². The van der Waals surface area contributed by atoms with Crippen LogP contribution in [0.5, 0.6) is 0 Å². The van der Waals surface area contributed by atoms with Gasteiger partial charge in [-0.25, -0.2) is 0 Å². The van der Waals surface area contributed by atoms with E-state index in [-0.39, 0.29) is 5.91 Å². The molecule has 0 unspecified atom stereocenters. The number of amides is 1. The topological polar surface area (TPSA) is 85.2 Å². The maximum absolute atomic E-state index is 12.8. The Labute approximate surface area is 148 Å². The molecule has 6 heteroatoms. The van der Waals surface area contributed by atoms with Crippen LogP contribution in [0.25, 0.3) is 11.5 Å². The Hall–Kier alpha value is -2.21. The summed E-state index contributed by atoms with van der Waals surface area (Å²) in [6.07, 6.45) is 4.74. The standard InChI is InChI=1S/C19H26N4O2/c1-3-11-23(12-4-2)17(24)15-8-5-7-14(13-15)16-21-18(22-25-16)19(20)9-6-10-19/h5,7-8,13H,3-4,6,9-12,20H2,1-2H3. The predicted molar refractivity (Wildman–Crippen MR) is 95.9 cm³/mol. The van der Waals surface area contributed by atoms with Crippen molar-refractivity contribution in [3.63, 3.8) is 0 Å². The van der Waals surface area contributed by atoms with Crippen molar-refractivity contribution >= 4 is 5.91 Å². The maximum atomic E-state index is 12.8. The SMILES string of the molecule is CCCN(CCC)C(=O)c1cccc(-c2nc(C3(N)CCC3)no2)c1. The van der Waals surface area contributed by atoms with E-state index in [0.29, 0.717) is 17.3 Å². The van der Waals surface area contributed by atoms with Crippen molar-refractivity contribution in [2.24, 2.45) is 5.73 Å². The Bertz CT molecular complexity index is 731. The number of rotatable bonds is 7. The number of nitrogens with two attached hydrogens (primary N) is 1. The highest BCUT2D eigenvalue weighted by atomic mass is 16.5. The van der Waals surface area contributed by atoms with E-state index in [0.717, 1.165) is 50.8 Å². The summed E-state index contributed by atoms with van der Waals surface area (Å²) in [5.41, 5.74) is 7.20. The van der Waals surface area contributed by atoms with Crippen molar-refractivity contribution in [2.75, 3.05) is 13.1 Å². The Morgan fingerprint density at radius 2 is 2.00 bits per heavy atom. The molecule has 1 amide bonds. The third-order valence-electron chi connectivity index (χ3n) is 4.75. The lowest BCUT2D eigenvalue weighted by Crippen LogP contribution is -2.44. The number of hydrogen-bond donors (Lipinski definition) is 1. The molecule has 6 nitrogen and oxygen atoms in total. The van der Waals surface area contributed by atoms with Gasteiger partial charge in [0, 0.05) is 24.2 Å². The molecular weight excluding hydrogens is 316 g/mol. The van der Waals surface area contributed by atoms with E-state index in [1.807, 2.05) is 29.2 Å². The van der Waals surface area contributed by atoms with Gasteiger partial charge in [-0.3, -0.25) is 4.79 Å². The highest BCUT2D eigenvalue weighted by Crippen LogP contribution is 2.37. The quantitative estimate of drug-likeness (QED) is 0.834. The fourth-order valence-corrected chi connectivity index (χ4v) is 3.15. The molecule has 0 atom stereocenters. The lowest BCUT2D eigenvalue weighted by molar-refractivity contribution is 0.0755. The average molecular weight is 342 g/mol. The lowest BCUT2D eigenvalue weighted by Gasteiger charge is -2.34. The Balaban J connectivity index is 1.82. The van der Waals surface area contributed by atoms with E-state index in [4.69, 9.17) is 10.3 Å². The number of carbonyl (C=O) groups excluding carboxylic acids is 1. The molecule has 0 saturated heterocycles. The first kappa shape index (κ1) is 17.6. The largest absolute Gasteiger partial charge is 0.339 e. The van der Waals surface area contributed by atoms with Crippen LogP contribution in [0.4, 0.5) is 0 Å². The number of carbonyl (C=O) groups is 1. The molecule has 1 fully saturated rings. The minimum Gasteiger partial charge on any atom is -0.339 e. The normalized spacial score (nSPS) is 15.6. The molecule has 2 N–H and O–H groups in total. The molecule has 2 aromatic rings. The summed E-state index contributed by atoms with van der Waals surface area (Å²) in [6, 6.07) is 7.38. The molecule has 134 valence electrons. The summed E-state index contributed by atoms with van der Waals surface area (Å²) in [5, 5.41) is 4.05. The van der Waals surface area contributed by atoms with Crippen LogP contribution in [0.2, 0.25) is 0 Å². The van der Waals surface area contributed by atoms with Gasteiger partial charge in [0.25, 0.3) is 11.8 Å². The number of aromatic nitrogens is 2. The van der Waals surface area contributed by atoms with Gasteiger partial charge < -0.3 is 15.2 Å². The van der Waals surface area contributed by atoms with E-state index in [1.54, 1.807) is 0 Å². The van der Waals surface area contributed by atoms with E-state index in [2.05, 4.69) is 24.0 Å². The first-order chi connectivity index (χ1) is 12.1. The molecule has 3 rings (SSSR count). The summed E-state index contributed by atoms with van der Waals surface area (Å²) in [6.45, 7) is 5.68. The Morgan fingerprint density at radius 3 is 2.60 bits per heavy atom. The lowest BCUT2D eigenvalue weighted by atomic mass is 9.77. The molecule has 1 heterocycles. The van der Waals surface area contributed by atoms with Gasteiger partial charge in [0.15, 0.2) is 5.82 Å². The zero-order valence-corrected chi connectivity index (χ0v) is 15.0. The van der Waals surface area contributed by atoms with Crippen molar-refractivity contribution in [2.45, 2.75) is 51.5 Å². The van der Waals surface area contributed by atoms with Crippen LogP contribution in [0.3, 0.4) is 0 Å². The Morgan fingerprint density at radius 1 is 1.28 bits per heavy atom. The fourth-order valence-electron chi connectivity index (χ4n) is 3.15. The Kier molecular flexibility index (Phi) is 5.18. The maximum Gasteiger partial charge on any atom is 0.258 e. The molecule has 1 aromatic heterocycles. The first-order valence-corrected chi connectivity index (χ1v) is 9.10. The summed E-state index contributed by atoms with van der Waals surface area (Å²) in [7, 11) is 0. The van der Waals surface area contributed by atoms with Crippen molar-refractivity contribution in [3.05, 3.63) is 35.7 Å². The zero-order valence-electron chi connectivity index (χ0n) is 15.0. The van der Waals surface area contributed by atoms with Gasteiger partial charge in [0.1, 0.15) is 0 Å². The van der Waals surface area contributed by atoms with E-state index < -0.39 is 5.54 Å². The molecular formula is C19H26N4O2. The smallest absolute Gasteiger partial charge is 0.258 e. The summed E-state index contributed by atoms with van der Waals surface area (Å²) >= 11 is 0. The minimum atomic E-state index is -0.450. The van der Waals surface area contributed by atoms with E-state index >= 15 is 0 Å². The van der Waals surface area contributed by atoms with Crippen LogP contribution < -0.4 is 5.73 Å².